The Morgan fingerprint density at radius 1 is 1.00 bits per heavy atom. The van der Waals surface area contributed by atoms with E-state index in [-0.39, 0.29) is 11.8 Å². The van der Waals surface area contributed by atoms with Crippen molar-refractivity contribution in [2.24, 2.45) is 0 Å². The van der Waals surface area contributed by atoms with Crippen LogP contribution in [0, 0.1) is 3.57 Å². The van der Waals surface area contributed by atoms with E-state index in [2.05, 4.69) is 33.2 Å². The Morgan fingerprint density at radius 2 is 1.75 bits per heavy atom. The molecule has 2 N–H and O–H groups in total. The lowest BCUT2D eigenvalue weighted by Gasteiger charge is -2.08. The van der Waals surface area contributed by atoms with Gasteiger partial charge in [0.2, 0.25) is 5.91 Å². The van der Waals surface area contributed by atoms with E-state index in [4.69, 9.17) is 0 Å². The van der Waals surface area contributed by atoms with Gasteiger partial charge in [-0.05, 0) is 52.9 Å². The molecule has 0 heterocycles. The number of carbonyl (C=O) groups is 2. The second-order valence-corrected chi connectivity index (χ2v) is 5.36. The number of anilines is 2. The monoisotopic (exact) mass is 380 g/mol. The first-order valence-electron chi connectivity index (χ1n) is 6.00. The van der Waals surface area contributed by atoms with E-state index >= 15 is 0 Å². The fourth-order valence-electron chi connectivity index (χ4n) is 1.70. The predicted molar refractivity (Wildman–Crippen MR) is 87.9 cm³/mol. The maximum Gasteiger partial charge on any atom is 0.255 e. The molecule has 20 heavy (non-hydrogen) atoms. The Bertz CT molecular complexity index is 656. The quantitative estimate of drug-likeness (QED) is 0.801. The molecule has 0 bridgehead atoms. The van der Waals surface area contributed by atoms with E-state index in [9.17, 15) is 9.59 Å². The van der Waals surface area contributed by atoms with Gasteiger partial charge >= 0.3 is 0 Å². The standard InChI is InChI=1S/C15H13IN2O2/c1-10(19)17-12-6-4-5-11(9-12)15(20)18-14-8-3-2-7-13(14)16/h2-9H,1H3,(H,17,19)(H,18,20). The van der Waals surface area contributed by atoms with Gasteiger partial charge in [-0.2, -0.15) is 0 Å². The molecule has 2 aromatic carbocycles. The molecule has 4 nitrogen and oxygen atoms in total. The first-order chi connectivity index (χ1) is 9.56. The second kappa shape index (κ2) is 6.51. The van der Waals surface area contributed by atoms with Gasteiger partial charge in [0.05, 0.1) is 5.69 Å². The smallest absolute Gasteiger partial charge is 0.255 e. The van der Waals surface area contributed by atoms with Crippen LogP contribution in [0.4, 0.5) is 11.4 Å². The Balaban J connectivity index is 2.17. The first-order valence-corrected chi connectivity index (χ1v) is 7.07. The molecule has 2 rings (SSSR count). The fourth-order valence-corrected chi connectivity index (χ4v) is 2.22. The predicted octanol–water partition coefficient (Wildman–Crippen LogP) is 3.50. The molecule has 0 fully saturated rings. The van der Waals surface area contributed by atoms with E-state index in [0.717, 1.165) is 9.26 Å². The molecule has 0 spiro atoms. The van der Waals surface area contributed by atoms with Crippen molar-refractivity contribution in [3.05, 3.63) is 57.7 Å². The summed E-state index contributed by atoms with van der Waals surface area (Å²) < 4.78 is 0.969. The molecular formula is C15H13IN2O2. The lowest BCUT2D eigenvalue weighted by Crippen LogP contribution is -2.13. The molecular weight excluding hydrogens is 367 g/mol. The topological polar surface area (TPSA) is 58.2 Å². The van der Waals surface area contributed by atoms with Crippen LogP contribution in [-0.4, -0.2) is 11.8 Å². The number of nitrogens with one attached hydrogen (secondary N) is 2. The van der Waals surface area contributed by atoms with Crippen molar-refractivity contribution in [3.8, 4) is 0 Å². The number of para-hydroxylation sites is 1. The SMILES string of the molecule is CC(=O)Nc1cccc(C(=O)Nc2ccccc2I)c1. The van der Waals surface area contributed by atoms with Crippen LogP contribution in [0.5, 0.6) is 0 Å². The third-order valence-electron chi connectivity index (χ3n) is 2.57. The average Bonchev–Trinajstić information content (AvgIpc) is 2.41. The first kappa shape index (κ1) is 14.5. The van der Waals surface area contributed by atoms with Crippen LogP contribution in [0.25, 0.3) is 0 Å². The van der Waals surface area contributed by atoms with Crippen LogP contribution in [-0.2, 0) is 4.79 Å². The number of halogens is 1. The summed E-state index contributed by atoms with van der Waals surface area (Å²) in [6, 6.07) is 14.4. The summed E-state index contributed by atoms with van der Waals surface area (Å²) in [6.07, 6.45) is 0. The van der Waals surface area contributed by atoms with Crippen LogP contribution in [0.3, 0.4) is 0 Å². The maximum atomic E-state index is 12.2. The summed E-state index contributed by atoms with van der Waals surface area (Å²) in [5.41, 5.74) is 1.87. The van der Waals surface area contributed by atoms with Gasteiger partial charge in [-0.3, -0.25) is 9.59 Å². The van der Waals surface area contributed by atoms with Gasteiger partial charge in [-0.1, -0.05) is 18.2 Å². The molecule has 102 valence electrons. The van der Waals surface area contributed by atoms with E-state index in [0.29, 0.717) is 11.3 Å². The van der Waals surface area contributed by atoms with E-state index in [1.54, 1.807) is 24.3 Å². The highest BCUT2D eigenvalue weighted by atomic mass is 127. The van der Waals surface area contributed by atoms with Crippen molar-refractivity contribution in [1.82, 2.24) is 0 Å². The minimum atomic E-state index is -0.207. The van der Waals surface area contributed by atoms with Crippen molar-refractivity contribution in [3.63, 3.8) is 0 Å². The maximum absolute atomic E-state index is 12.2. The number of rotatable bonds is 3. The Hall–Kier alpha value is -1.89. The van der Waals surface area contributed by atoms with Crippen molar-refractivity contribution in [2.75, 3.05) is 10.6 Å². The molecule has 0 saturated carbocycles. The fraction of sp³-hybridized carbons (Fsp3) is 0.0667. The summed E-state index contributed by atoms with van der Waals surface area (Å²) in [6.45, 7) is 1.43. The number of hydrogen-bond acceptors (Lipinski definition) is 2. The highest BCUT2D eigenvalue weighted by molar-refractivity contribution is 14.1. The zero-order chi connectivity index (χ0) is 14.5. The number of benzene rings is 2. The van der Waals surface area contributed by atoms with Crippen LogP contribution in [0.15, 0.2) is 48.5 Å². The zero-order valence-corrected chi connectivity index (χ0v) is 13.0. The average molecular weight is 380 g/mol. The Kier molecular flexibility index (Phi) is 4.73. The van der Waals surface area contributed by atoms with Gasteiger partial charge in [0.25, 0.3) is 5.91 Å². The minimum absolute atomic E-state index is 0.167. The summed E-state index contributed by atoms with van der Waals surface area (Å²) in [5.74, 6) is -0.374. The third kappa shape index (κ3) is 3.80. The normalized spacial score (nSPS) is 9.90. The van der Waals surface area contributed by atoms with Crippen molar-refractivity contribution in [1.29, 1.82) is 0 Å². The molecule has 0 aliphatic carbocycles. The van der Waals surface area contributed by atoms with Crippen LogP contribution >= 0.6 is 22.6 Å². The lowest BCUT2D eigenvalue weighted by molar-refractivity contribution is -0.114. The molecule has 2 amide bonds. The second-order valence-electron chi connectivity index (χ2n) is 4.20. The summed E-state index contributed by atoms with van der Waals surface area (Å²) >= 11 is 2.16. The number of amides is 2. The zero-order valence-electron chi connectivity index (χ0n) is 10.8. The summed E-state index contributed by atoms with van der Waals surface area (Å²) in [7, 11) is 0. The molecule has 0 atom stereocenters. The molecule has 0 radical (unpaired) electrons. The highest BCUT2D eigenvalue weighted by Crippen LogP contribution is 2.18. The molecule has 0 saturated heterocycles. The third-order valence-corrected chi connectivity index (χ3v) is 3.51. The van der Waals surface area contributed by atoms with Crippen LogP contribution < -0.4 is 10.6 Å². The molecule has 2 aromatic rings. The van der Waals surface area contributed by atoms with E-state index in [1.165, 1.54) is 6.92 Å². The van der Waals surface area contributed by atoms with Gasteiger partial charge in [-0.25, -0.2) is 0 Å². The van der Waals surface area contributed by atoms with E-state index < -0.39 is 0 Å². The van der Waals surface area contributed by atoms with E-state index in [1.807, 2.05) is 24.3 Å². The van der Waals surface area contributed by atoms with Gasteiger partial charge in [0.15, 0.2) is 0 Å². The Labute approximate surface area is 130 Å². The molecule has 0 aliphatic rings. The minimum Gasteiger partial charge on any atom is -0.326 e. The number of carbonyl (C=O) groups excluding carboxylic acids is 2. The van der Waals surface area contributed by atoms with Crippen molar-refractivity contribution < 1.29 is 9.59 Å². The van der Waals surface area contributed by atoms with Gasteiger partial charge in [0, 0.05) is 21.7 Å². The lowest BCUT2D eigenvalue weighted by atomic mass is 10.2. The largest absolute Gasteiger partial charge is 0.326 e. The van der Waals surface area contributed by atoms with Crippen LogP contribution in [0.1, 0.15) is 17.3 Å². The van der Waals surface area contributed by atoms with Crippen molar-refractivity contribution >= 4 is 45.8 Å². The van der Waals surface area contributed by atoms with Gasteiger partial charge in [-0.15, -0.1) is 0 Å². The molecule has 0 aliphatic heterocycles. The number of hydrogen-bond donors (Lipinski definition) is 2. The summed E-state index contributed by atoms with van der Waals surface area (Å²) in [4.78, 5) is 23.2. The van der Waals surface area contributed by atoms with Crippen LogP contribution in [0.2, 0.25) is 0 Å². The molecule has 0 aromatic heterocycles. The summed E-state index contributed by atoms with van der Waals surface area (Å²) in [5, 5.41) is 5.50. The highest BCUT2D eigenvalue weighted by Gasteiger charge is 2.08. The molecule has 0 unspecified atom stereocenters. The van der Waals surface area contributed by atoms with Crippen molar-refractivity contribution in [2.45, 2.75) is 6.92 Å². The Morgan fingerprint density at radius 3 is 2.45 bits per heavy atom. The van der Waals surface area contributed by atoms with Gasteiger partial charge < -0.3 is 10.6 Å². The molecule has 5 heteroatoms. The van der Waals surface area contributed by atoms with Gasteiger partial charge in [0.1, 0.15) is 0 Å².